The molecule has 1 aromatic rings. The molecule has 1 fully saturated rings. The monoisotopic (exact) mass is 273 g/mol. The van der Waals surface area contributed by atoms with Crippen molar-refractivity contribution in [1.82, 2.24) is 5.32 Å². The van der Waals surface area contributed by atoms with Crippen molar-refractivity contribution in [1.29, 1.82) is 0 Å². The van der Waals surface area contributed by atoms with E-state index in [4.69, 9.17) is 0 Å². The fraction of sp³-hybridized carbons (Fsp3) is 0.538. The largest absolute Gasteiger partial charge is 0.390 e. The molecule has 100 valence electrons. The Morgan fingerprint density at radius 1 is 1.22 bits per heavy atom. The molecule has 5 heteroatoms. The van der Waals surface area contributed by atoms with E-state index >= 15 is 0 Å². The number of aliphatic hydroxyl groups is 2. The van der Waals surface area contributed by atoms with Gasteiger partial charge in [-0.25, -0.2) is 4.39 Å². The van der Waals surface area contributed by atoms with Gasteiger partial charge in [0.05, 0.1) is 12.2 Å². The second-order valence-electron chi connectivity index (χ2n) is 4.99. The lowest BCUT2D eigenvalue weighted by molar-refractivity contribution is -0.0360. The number of fused-ring (bicyclic) bond motifs is 3. The molecule has 1 heterocycles. The maximum absolute atomic E-state index is 13.3. The van der Waals surface area contributed by atoms with Gasteiger partial charge in [0.1, 0.15) is 5.82 Å². The maximum atomic E-state index is 13.3. The van der Waals surface area contributed by atoms with E-state index in [0.29, 0.717) is 13.0 Å². The van der Waals surface area contributed by atoms with Crippen LogP contribution in [0, 0.1) is 5.82 Å². The first-order valence-electron chi connectivity index (χ1n) is 6.04. The summed E-state index contributed by atoms with van der Waals surface area (Å²) in [5, 5.41) is 23.2. The summed E-state index contributed by atoms with van der Waals surface area (Å²) in [6.45, 7) is 0.708. The van der Waals surface area contributed by atoms with Crippen LogP contribution >= 0.6 is 12.4 Å². The van der Waals surface area contributed by atoms with E-state index < -0.39 is 12.2 Å². The fourth-order valence-corrected chi connectivity index (χ4v) is 3.09. The average molecular weight is 274 g/mol. The van der Waals surface area contributed by atoms with Gasteiger partial charge in [-0.3, -0.25) is 0 Å². The molecule has 1 aliphatic carbocycles. The zero-order chi connectivity index (χ0) is 12.0. The van der Waals surface area contributed by atoms with Crippen LogP contribution < -0.4 is 5.32 Å². The molecule has 0 spiro atoms. The topological polar surface area (TPSA) is 52.5 Å². The molecule has 0 amide bonds. The Hall–Kier alpha value is -0.680. The summed E-state index contributed by atoms with van der Waals surface area (Å²) in [4.78, 5) is 0. The third kappa shape index (κ3) is 2.14. The Morgan fingerprint density at radius 2 is 2.00 bits per heavy atom. The molecule has 3 nitrogen and oxygen atoms in total. The summed E-state index contributed by atoms with van der Waals surface area (Å²) in [6.07, 6.45) is -0.0897. The number of halogens is 2. The zero-order valence-electron chi connectivity index (χ0n) is 9.84. The number of aliphatic hydroxyl groups excluding tert-OH is 2. The van der Waals surface area contributed by atoms with Crippen LogP contribution in [0.3, 0.4) is 0 Å². The molecule has 3 N–H and O–H groups in total. The highest BCUT2D eigenvalue weighted by Crippen LogP contribution is 2.38. The Labute approximate surface area is 111 Å². The van der Waals surface area contributed by atoms with Crippen LogP contribution in [0.5, 0.6) is 0 Å². The van der Waals surface area contributed by atoms with Gasteiger partial charge in [-0.15, -0.1) is 12.4 Å². The van der Waals surface area contributed by atoms with Gasteiger partial charge in [0.25, 0.3) is 0 Å². The normalized spacial score (nSPS) is 34.2. The summed E-state index contributed by atoms with van der Waals surface area (Å²) in [6, 6.07) is 4.83. The molecule has 0 radical (unpaired) electrons. The van der Waals surface area contributed by atoms with E-state index in [1.165, 1.54) is 12.1 Å². The van der Waals surface area contributed by atoms with Gasteiger partial charge in [0, 0.05) is 18.5 Å². The molecule has 18 heavy (non-hydrogen) atoms. The van der Waals surface area contributed by atoms with Gasteiger partial charge in [-0.2, -0.15) is 0 Å². The van der Waals surface area contributed by atoms with Crippen LogP contribution in [-0.2, 0) is 6.54 Å². The highest BCUT2D eigenvalue weighted by Gasteiger charge is 2.41. The molecule has 0 unspecified atom stereocenters. The van der Waals surface area contributed by atoms with Crippen molar-refractivity contribution in [2.45, 2.75) is 43.6 Å². The first kappa shape index (κ1) is 13.7. The molecule has 1 aromatic carbocycles. The standard InChI is InChI=1S/C13H16FNO2.ClH/c14-8-2-1-7-6-15-10-3-4-11(16)13(17)12(10)9(7)5-8;/h1-2,5,10-13,15-17H,3-4,6H2;1H/t10-,11-,12-,13-;/m0./s1. The lowest BCUT2D eigenvalue weighted by Gasteiger charge is -2.43. The van der Waals surface area contributed by atoms with Gasteiger partial charge in [0.2, 0.25) is 0 Å². The molecular weight excluding hydrogens is 257 g/mol. The predicted molar refractivity (Wildman–Crippen MR) is 68.3 cm³/mol. The Morgan fingerprint density at radius 3 is 2.78 bits per heavy atom. The van der Waals surface area contributed by atoms with Crippen LogP contribution in [0.1, 0.15) is 29.9 Å². The van der Waals surface area contributed by atoms with Crippen LogP contribution in [-0.4, -0.2) is 28.5 Å². The molecular formula is C13H17ClFNO2. The lowest BCUT2D eigenvalue weighted by atomic mass is 9.73. The summed E-state index contributed by atoms with van der Waals surface area (Å²) < 4.78 is 13.3. The van der Waals surface area contributed by atoms with Crippen LogP contribution in [0.25, 0.3) is 0 Å². The van der Waals surface area contributed by atoms with Gasteiger partial charge in [-0.1, -0.05) is 6.07 Å². The molecule has 0 saturated heterocycles. The van der Waals surface area contributed by atoms with Crippen molar-refractivity contribution >= 4 is 12.4 Å². The van der Waals surface area contributed by atoms with Crippen LogP contribution in [0.4, 0.5) is 4.39 Å². The quantitative estimate of drug-likeness (QED) is 0.668. The van der Waals surface area contributed by atoms with E-state index in [1.54, 1.807) is 6.07 Å². The molecule has 3 rings (SSSR count). The third-order valence-corrected chi connectivity index (χ3v) is 3.99. The SMILES string of the molecule is Cl.O[C@@H]1[C@H]2c3cc(F)ccc3CN[C@H]2CC[C@@H]1O. The van der Waals surface area contributed by atoms with E-state index in [9.17, 15) is 14.6 Å². The Balaban J connectivity index is 0.00000120. The van der Waals surface area contributed by atoms with E-state index in [2.05, 4.69) is 5.32 Å². The average Bonchev–Trinajstić information content (AvgIpc) is 2.33. The Bertz CT molecular complexity index is 443. The minimum absolute atomic E-state index is 0. The summed E-state index contributed by atoms with van der Waals surface area (Å²) in [7, 11) is 0. The van der Waals surface area contributed by atoms with Crippen molar-refractivity contribution in [3.63, 3.8) is 0 Å². The van der Waals surface area contributed by atoms with E-state index in [1.807, 2.05) is 0 Å². The van der Waals surface area contributed by atoms with Crippen molar-refractivity contribution in [2.24, 2.45) is 0 Å². The molecule has 2 aliphatic rings. The smallest absolute Gasteiger partial charge is 0.123 e. The van der Waals surface area contributed by atoms with E-state index in [0.717, 1.165) is 17.5 Å². The number of benzene rings is 1. The first-order chi connectivity index (χ1) is 8.16. The maximum Gasteiger partial charge on any atom is 0.123 e. The zero-order valence-corrected chi connectivity index (χ0v) is 10.7. The second kappa shape index (κ2) is 5.13. The van der Waals surface area contributed by atoms with Crippen molar-refractivity contribution in [3.05, 3.63) is 35.1 Å². The molecule has 0 bridgehead atoms. The molecule has 1 aliphatic heterocycles. The van der Waals surface area contributed by atoms with Gasteiger partial charge < -0.3 is 15.5 Å². The Kier molecular flexibility index (Phi) is 3.92. The number of nitrogens with one attached hydrogen (secondary N) is 1. The number of hydrogen-bond acceptors (Lipinski definition) is 3. The predicted octanol–water partition coefficient (Wildman–Crippen LogP) is 1.32. The van der Waals surface area contributed by atoms with Crippen molar-refractivity contribution in [2.75, 3.05) is 0 Å². The van der Waals surface area contributed by atoms with Crippen molar-refractivity contribution in [3.8, 4) is 0 Å². The highest BCUT2D eigenvalue weighted by atomic mass is 35.5. The second-order valence-corrected chi connectivity index (χ2v) is 4.99. The molecule has 1 saturated carbocycles. The number of rotatable bonds is 0. The lowest BCUT2D eigenvalue weighted by Crippen LogP contribution is -2.51. The molecule has 0 aromatic heterocycles. The van der Waals surface area contributed by atoms with Gasteiger partial charge in [-0.05, 0) is 36.1 Å². The summed E-state index contributed by atoms with van der Waals surface area (Å²) >= 11 is 0. The number of hydrogen-bond donors (Lipinski definition) is 3. The summed E-state index contributed by atoms with van der Waals surface area (Å²) in [5.41, 5.74) is 1.86. The molecule has 4 atom stereocenters. The first-order valence-corrected chi connectivity index (χ1v) is 6.04. The van der Waals surface area contributed by atoms with Crippen molar-refractivity contribution < 1.29 is 14.6 Å². The third-order valence-electron chi connectivity index (χ3n) is 3.99. The van der Waals surface area contributed by atoms with Gasteiger partial charge >= 0.3 is 0 Å². The van der Waals surface area contributed by atoms with Gasteiger partial charge in [0.15, 0.2) is 0 Å². The van der Waals surface area contributed by atoms with Crippen LogP contribution in [0.15, 0.2) is 18.2 Å². The van der Waals surface area contributed by atoms with E-state index in [-0.39, 0.29) is 30.2 Å². The highest BCUT2D eigenvalue weighted by molar-refractivity contribution is 5.85. The fourth-order valence-electron chi connectivity index (χ4n) is 3.09. The van der Waals surface area contributed by atoms with Crippen LogP contribution in [0.2, 0.25) is 0 Å². The minimum Gasteiger partial charge on any atom is -0.390 e. The minimum atomic E-state index is -0.804. The summed E-state index contributed by atoms with van der Waals surface area (Å²) in [5.74, 6) is -0.477.